The molecule has 2 aliphatic heterocycles. The van der Waals surface area contributed by atoms with Crippen LogP contribution in [0.15, 0.2) is 0 Å². The summed E-state index contributed by atoms with van der Waals surface area (Å²) in [6.07, 6.45) is 4.32. The van der Waals surface area contributed by atoms with E-state index in [0.29, 0.717) is 5.41 Å². The van der Waals surface area contributed by atoms with Crippen molar-refractivity contribution >= 4 is 0 Å². The molecular formula is C14H28N2O2. The van der Waals surface area contributed by atoms with Crippen LogP contribution >= 0.6 is 0 Å². The van der Waals surface area contributed by atoms with Crippen molar-refractivity contribution in [1.29, 1.82) is 0 Å². The van der Waals surface area contributed by atoms with Crippen LogP contribution in [0.25, 0.3) is 0 Å². The SMILES string of the molecule is CCCNCC1(CN2CCC(O)C2)CCOCC1. The lowest BCUT2D eigenvalue weighted by atomic mass is 9.79. The Bertz CT molecular complexity index is 242. The zero-order chi connectivity index (χ0) is 12.8. The second kappa shape index (κ2) is 6.85. The van der Waals surface area contributed by atoms with Gasteiger partial charge in [0.25, 0.3) is 0 Å². The van der Waals surface area contributed by atoms with E-state index in [9.17, 15) is 5.11 Å². The van der Waals surface area contributed by atoms with Gasteiger partial charge in [-0.3, -0.25) is 0 Å². The summed E-state index contributed by atoms with van der Waals surface area (Å²) in [4.78, 5) is 2.43. The van der Waals surface area contributed by atoms with E-state index in [-0.39, 0.29) is 6.10 Å². The first-order chi connectivity index (χ1) is 8.74. The highest BCUT2D eigenvalue weighted by molar-refractivity contribution is 4.89. The Kier molecular flexibility index (Phi) is 5.42. The third kappa shape index (κ3) is 3.92. The first-order valence-electron chi connectivity index (χ1n) is 7.43. The highest BCUT2D eigenvalue weighted by atomic mass is 16.5. The average Bonchev–Trinajstić information content (AvgIpc) is 2.76. The normalized spacial score (nSPS) is 28.7. The maximum Gasteiger partial charge on any atom is 0.0679 e. The lowest BCUT2D eigenvalue weighted by Gasteiger charge is -2.40. The number of aliphatic hydroxyl groups excluding tert-OH is 1. The molecule has 2 aliphatic rings. The zero-order valence-corrected chi connectivity index (χ0v) is 11.7. The molecule has 2 saturated heterocycles. The number of nitrogens with one attached hydrogen (secondary N) is 1. The van der Waals surface area contributed by atoms with Crippen LogP contribution in [0, 0.1) is 5.41 Å². The number of aliphatic hydroxyl groups is 1. The highest BCUT2D eigenvalue weighted by Gasteiger charge is 2.35. The summed E-state index contributed by atoms with van der Waals surface area (Å²) in [7, 11) is 0. The molecule has 1 atom stereocenters. The molecule has 0 aromatic heterocycles. The minimum atomic E-state index is -0.106. The standard InChI is InChI=1S/C14H28N2O2/c1-2-6-15-11-14(4-8-18-9-5-14)12-16-7-3-13(17)10-16/h13,15,17H,2-12H2,1H3. The van der Waals surface area contributed by atoms with Crippen LogP contribution in [0.3, 0.4) is 0 Å². The molecule has 0 amide bonds. The molecule has 2 fully saturated rings. The van der Waals surface area contributed by atoms with E-state index in [1.165, 1.54) is 6.42 Å². The molecule has 106 valence electrons. The van der Waals surface area contributed by atoms with E-state index < -0.39 is 0 Å². The molecule has 18 heavy (non-hydrogen) atoms. The molecule has 0 radical (unpaired) electrons. The molecule has 0 aliphatic carbocycles. The molecule has 4 heteroatoms. The monoisotopic (exact) mass is 256 g/mol. The molecule has 4 nitrogen and oxygen atoms in total. The summed E-state index contributed by atoms with van der Waals surface area (Å²) in [5.41, 5.74) is 0.359. The average molecular weight is 256 g/mol. The summed E-state index contributed by atoms with van der Waals surface area (Å²) in [5.74, 6) is 0. The van der Waals surface area contributed by atoms with Gasteiger partial charge in [0, 0.05) is 39.4 Å². The van der Waals surface area contributed by atoms with Crippen molar-refractivity contribution in [3.63, 3.8) is 0 Å². The van der Waals surface area contributed by atoms with Crippen LogP contribution in [0.1, 0.15) is 32.6 Å². The van der Waals surface area contributed by atoms with Gasteiger partial charge in [-0.05, 0) is 37.6 Å². The quantitative estimate of drug-likeness (QED) is 0.692. The van der Waals surface area contributed by atoms with Crippen molar-refractivity contribution in [2.75, 3.05) is 45.9 Å². The van der Waals surface area contributed by atoms with Crippen LogP contribution in [-0.2, 0) is 4.74 Å². The Morgan fingerprint density at radius 3 is 2.78 bits per heavy atom. The summed E-state index contributed by atoms with van der Waals surface area (Å²) in [6.45, 7) is 9.22. The molecule has 0 saturated carbocycles. The minimum Gasteiger partial charge on any atom is -0.392 e. The Hall–Kier alpha value is -0.160. The van der Waals surface area contributed by atoms with Gasteiger partial charge in [0.2, 0.25) is 0 Å². The second-order valence-corrected chi connectivity index (χ2v) is 5.97. The summed E-state index contributed by atoms with van der Waals surface area (Å²) < 4.78 is 5.52. The van der Waals surface area contributed by atoms with Crippen molar-refractivity contribution < 1.29 is 9.84 Å². The fourth-order valence-electron chi connectivity index (χ4n) is 3.16. The van der Waals surface area contributed by atoms with E-state index in [1.54, 1.807) is 0 Å². The number of hydrogen-bond donors (Lipinski definition) is 2. The van der Waals surface area contributed by atoms with E-state index in [1.807, 2.05) is 0 Å². The van der Waals surface area contributed by atoms with Crippen molar-refractivity contribution in [2.24, 2.45) is 5.41 Å². The Morgan fingerprint density at radius 2 is 2.17 bits per heavy atom. The van der Waals surface area contributed by atoms with E-state index in [2.05, 4.69) is 17.1 Å². The third-order valence-electron chi connectivity index (χ3n) is 4.29. The van der Waals surface area contributed by atoms with Gasteiger partial charge in [-0.2, -0.15) is 0 Å². The topological polar surface area (TPSA) is 44.7 Å². The number of ether oxygens (including phenoxy) is 1. The van der Waals surface area contributed by atoms with Gasteiger partial charge in [-0.25, -0.2) is 0 Å². The largest absolute Gasteiger partial charge is 0.392 e. The van der Waals surface area contributed by atoms with Gasteiger partial charge >= 0.3 is 0 Å². The van der Waals surface area contributed by atoms with Gasteiger partial charge in [0.1, 0.15) is 0 Å². The van der Waals surface area contributed by atoms with Crippen molar-refractivity contribution in [1.82, 2.24) is 10.2 Å². The minimum absolute atomic E-state index is 0.106. The molecule has 2 rings (SSSR count). The third-order valence-corrected chi connectivity index (χ3v) is 4.29. The van der Waals surface area contributed by atoms with Crippen LogP contribution < -0.4 is 5.32 Å². The summed E-state index contributed by atoms with van der Waals surface area (Å²) in [6, 6.07) is 0. The Labute approximate surface area is 111 Å². The smallest absolute Gasteiger partial charge is 0.0679 e. The molecule has 0 aromatic rings. The molecular weight excluding hydrogens is 228 g/mol. The predicted octanol–water partition coefficient (Wildman–Crippen LogP) is 0.849. The molecule has 0 aromatic carbocycles. The molecule has 2 heterocycles. The molecule has 0 bridgehead atoms. The lowest BCUT2D eigenvalue weighted by molar-refractivity contribution is -0.00236. The lowest BCUT2D eigenvalue weighted by Crippen LogP contribution is -2.47. The number of likely N-dealkylation sites (tertiary alicyclic amines) is 1. The van der Waals surface area contributed by atoms with Crippen molar-refractivity contribution in [3.8, 4) is 0 Å². The molecule has 0 spiro atoms. The van der Waals surface area contributed by atoms with Crippen molar-refractivity contribution in [2.45, 2.75) is 38.7 Å². The Morgan fingerprint density at radius 1 is 1.39 bits per heavy atom. The first-order valence-corrected chi connectivity index (χ1v) is 7.43. The fourth-order valence-corrected chi connectivity index (χ4v) is 3.16. The maximum atomic E-state index is 9.65. The Balaban J connectivity index is 1.86. The number of nitrogens with zero attached hydrogens (tertiary/aromatic N) is 1. The van der Waals surface area contributed by atoms with Gasteiger partial charge < -0.3 is 20.1 Å². The van der Waals surface area contributed by atoms with Gasteiger partial charge in [0.15, 0.2) is 0 Å². The summed E-state index contributed by atoms with van der Waals surface area (Å²) in [5, 5.41) is 13.2. The second-order valence-electron chi connectivity index (χ2n) is 5.97. The van der Waals surface area contributed by atoms with E-state index in [4.69, 9.17) is 4.74 Å². The number of rotatable bonds is 6. The van der Waals surface area contributed by atoms with E-state index >= 15 is 0 Å². The molecule has 1 unspecified atom stereocenters. The number of hydrogen-bond acceptors (Lipinski definition) is 4. The highest BCUT2D eigenvalue weighted by Crippen LogP contribution is 2.32. The zero-order valence-electron chi connectivity index (χ0n) is 11.7. The molecule has 2 N–H and O–H groups in total. The van der Waals surface area contributed by atoms with Gasteiger partial charge in [-0.1, -0.05) is 6.92 Å². The van der Waals surface area contributed by atoms with E-state index in [0.717, 1.165) is 65.2 Å². The van der Waals surface area contributed by atoms with Crippen LogP contribution in [0.5, 0.6) is 0 Å². The van der Waals surface area contributed by atoms with Crippen LogP contribution in [0.4, 0.5) is 0 Å². The first kappa shape index (κ1) is 14.3. The van der Waals surface area contributed by atoms with Crippen LogP contribution in [0.2, 0.25) is 0 Å². The fraction of sp³-hybridized carbons (Fsp3) is 1.00. The number of β-amino-alcohol motifs (C(OH)–C–C–N with tert-alkyl or cyclic N) is 1. The maximum absolute atomic E-state index is 9.65. The van der Waals surface area contributed by atoms with Gasteiger partial charge in [0.05, 0.1) is 6.10 Å². The van der Waals surface area contributed by atoms with Gasteiger partial charge in [-0.15, -0.1) is 0 Å². The van der Waals surface area contributed by atoms with Crippen LogP contribution in [-0.4, -0.2) is 62.0 Å². The predicted molar refractivity (Wildman–Crippen MR) is 72.7 cm³/mol. The van der Waals surface area contributed by atoms with Crippen molar-refractivity contribution in [3.05, 3.63) is 0 Å². The summed E-state index contributed by atoms with van der Waals surface area (Å²) >= 11 is 0.